The number of furan rings is 1. The molecular formula is C24H23FN2O6S. The third-order valence-corrected chi connectivity index (χ3v) is 7.06. The molecule has 0 atom stereocenters. The highest BCUT2D eigenvalue weighted by molar-refractivity contribution is 7.99. The van der Waals surface area contributed by atoms with Gasteiger partial charge in [-0.2, -0.15) is 16.2 Å². The van der Waals surface area contributed by atoms with Crippen molar-refractivity contribution in [2.24, 2.45) is 0 Å². The normalized spacial score (nSPS) is 14.1. The zero-order valence-corrected chi connectivity index (χ0v) is 19.1. The average Bonchev–Trinajstić information content (AvgIpc) is 3.21. The molecule has 1 aliphatic rings. The van der Waals surface area contributed by atoms with Crippen LogP contribution in [-0.2, 0) is 15.3 Å². The van der Waals surface area contributed by atoms with Gasteiger partial charge in [0.2, 0.25) is 11.6 Å². The molecule has 178 valence electrons. The molecule has 10 heteroatoms. The Morgan fingerprint density at radius 2 is 1.94 bits per heavy atom. The summed E-state index contributed by atoms with van der Waals surface area (Å²) in [5.74, 6) is -1.84. The lowest BCUT2D eigenvalue weighted by molar-refractivity contribution is -0.387. The smallest absolute Gasteiger partial charge is 0.375 e. The topological polar surface area (TPSA) is 112 Å². The molecule has 0 saturated heterocycles. The van der Waals surface area contributed by atoms with Crippen LogP contribution in [0.1, 0.15) is 48.2 Å². The maximum Gasteiger partial charge on any atom is 0.375 e. The SMILES string of the molecule is O=C(COC(=O)c1oc2ccccc2c1CSC1CCCCC1)Nc1ccc(F)c([N+](=O)[O-])c1. The number of ether oxygens (including phenoxy) is 1. The number of hydrogen-bond acceptors (Lipinski definition) is 7. The van der Waals surface area contributed by atoms with E-state index in [1.165, 1.54) is 25.3 Å². The summed E-state index contributed by atoms with van der Waals surface area (Å²) >= 11 is 1.80. The molecule has 1 heterocycles. The number of carbonyl (C=O) groups excluding carboxylic acids is 2. The van der Waals surface area contributed by atoms with Crippen LogP contribution in [0.4, 0.5) is 15.8 Å². The number of nitro benzene ring substituents is 1. The summed E-state index contributed by atoms with van der Waals surface area (Å²) in [6, 6.07) is 10.3. The van der Waals surface area contributed by atoms with Crippen LogP contribution >= 0.6 is 11.8 Å². The number of nitrogens with one attached hydrogen (secondary N) is 1. The van der Waals surface area contributed by atoms with Crippen LogP contribution < -0.4 is 5.32 Å². The molecule has 1 amide bonds. The number of rotatable bonds is 8. The fourth-order valence-corrected chi connectivity index (χ4v) is 5.32. The number of para-hydroxylation sites is 1. The zero-order valence-electron chi connectivity index (χ0n) is 18.3. The maximum atomic E-state index is 13.5. The summed E-state index contributed by atoms with van der Waals surface area (Å²) < 4.78 is 24.4. The van der Waals surface area contributed by atoms with Crippen molar-refractivity contribution in [2.75, 3.05) is 11.9 Å². The third kappa shape index (κ3) is 5.56. The summed E-state index contributed by atoms with van der Waals surface area (Å²) in [4.78, 5) is 35.0. The fourth-order valence-electron chi connectivity index (χ4n) is 3.96. The first-order valence-corrected chi connectivity index (χ1v) is 12.0. The van der Waals surface area contributed by atoms with Gasteiger partial charge in [-0.3, -0.25) is 14.9 Å². The molecule has 0 aliphatic heterocycles. The Bertz CT molecular complexity index is 1220. The lowest BCUT2D eigenvalue weighted by Crippen LogP contribution is -2.21. The highest BCUT2D eigenvalue weighted by Gasteiger charge is 2.24. The minimum atomic E-state index is -1.02. The number of benzene rings is 2. The van der Waals surface area contributed by atoms with E-state index < -0.39 is 34.9 Å². The highest BCUT2D eigenvalue weighted by Crippen LogP contribution is 2.35. The van der Waals surface area contributed by atoms with E-state index in [0.717, 1.165) is 35.9 Å². The molecule has 1 N–H and O–H groups in total. The van der Waals surface area contributed by atoms with Gasteiger partial charge in [-0.1, -0.05) is 37.5 Å². The van der Waals surface area contributed by atoms with Crippen LogP contribution in [-0.4, -0.2) is 28.7 Å². The van der Waals surface area contributed by atoms with E-state index in [-0.39, 0.29) is 11.4 Å². The van der Waals surface area contributed by atoms with E-state index in [1.807, 2.05) is 18.2 Å². The van der Waals surface area contributed by atoms with Crippen molar-refractivity contribution in [3.63, 3.8) is 0 Å². The molecule has 3 aromatic rings. The molecular weight excluding hydrogens is 463 g/mol. The largest absolute Gasteiger partial charge is 0.450 e. The van der Waals surface area contributed by atoms with Gasteiger partial charge in [0, 0.05) is 33.7 Å². The average molecular weight is 487 g/mol. The van der Waals surface area contributed by atoms with E-state index in [2.05, 4.69) is 5.32 Å². The minimum Gasteiger partial charge on any atom is -0.450 e. The van der Waals surface area contributed by atoms with Crippen LogP contribution in [0.25, 0.3) is 11.0 Å². The Morgan fingerprint density at radius 1 is 1.18 bits per heavy atom. The first-order chi connectivity index (χ1) is 16.4. The summed E-state index contributed by atoms with van der Waals surface area (Å²) in [7, 11) is 0. The van der Waals surface area contributed by atoms with Gasteiger partial charge in [0.25, 0.3) is 5.91 Å². The second kappa shape index (κ2) is 10.7. The van der Waals surface area contributed by atoms with Crippen molar-refractivity contribution in [1.82, 2.24) is 0 Å². The quantitative estimate of drug-likeness (QED) is 0.242. The van der Waals surface area contributed by atoms with Gasteiger partial charge < -0.3 is 14.5 Å². The molecule has 0 unspecified atom stereocenters. The number of nitro groups is 1. The molecule has 34 heavy (non-hydrogen) atoms. The maximum absolute atomic E-state index is 13.5. The minimum absolute atomic E-state index is 0.0162. The van der Waals surface area contributed by atoms with Crippen molar-refractivity contribution < 1.29 is 28.1 Å². The fraction of sp³-hybridized carbons (Fsp3) is 0.333. The second-order valence-electron chi connectivity index (χ2n) is 8.02. The van der Waals surface area contributed by atoms with Crippen LogP contribution in [0.5, 0.6) is 0 Å². The second-order valence-corrected chi connectivity index (χ2v) is 9.31. The molecule has 1 aliphatic carbocycles. The van der Waals surface area contributed by atoms with E-state index in [9.17, 15) is 24.1 Å². The van der Waals surface area contributed by atoms with E-state index in [0.29, 0.717) is 16.6 Å². The molecule has 0 spiro atoms. The molecule has 0 radical (unpaired) electrons. The van der Waals surface area contributed by atoms with E-state index in [1.54, 1.807) is 17.8 Å². The van der Waals surface area contributed by atoms with Crippen molar-refractivity contribution in [3.05, 3.63) is 69.7 Å². The van der Waals surface area contributed by atoms with Crippen molar-refractivity contribution in [1.29, 1.82) is 0 Å². The Morgan fingerprint density at radius 3 is 2.71 bits per heavy atom. The van der Waals surface area contributed by atoms with Crippen LogP contribution in [0, 0.1) is 15.9 Å². The zero-order chi connectivity index (χ0) is 24.1. The predicted octanol–water partition coefficient (Wildman–Crippen LogP) is 5.84. The number of nitrogens with zero attached hydrogens (tertiary/aromatic N) is 1. The Balaban J connectivity index is 1.42. The Hall–Kier alpha value is -3.40. The van der Waals surface area contributed by atoms with Gasteiger partial charge in [0.15, 0.2) is 6.61 Å². The number of carbonyl (C=O) groups is 2. The van der Waals surface area contributed by atoms with Crippen LogP contribution in [0.2, 0.25) is 0 Å². The number of esters is 1. The standard InChI is InChI=1S/C24H23FN2O6S/c25-19-11-10-15(12-20(19)27(30)31)26-22(28)13-32-24(29)23-18(14-34-16-6-2-1-3-7-16)17-8-4-5-9-21(17)33-23/h4-5,8-12,16H,1-3,6-7,13-14H2,(H,26,28). The number of thioether (sulfide) groups is 1. The van der Waals surface area contributed by atoms with Gasteiger partial charge in [-0.05, 0) is 31.0 Å². The van der Waals surface area contributed by atoms with Gasteiger partial charge in [0.1, 0.15) is 5.58 Å². The van der Waals surface area contributed by atoms with Crippen molar-refractivity contribution in [2.45, 2.75) is 43.1 Å². The molecule has 4 rings (SSSR count). The molecule has 1 saturated carbocycles. The summed E-state index contributed by atoms with van der Waals surface area (Å²) in [5, 5.41) is 14.6. The molecule has 1 aromatic heterocycles. The molecule has 8 nitrogen and oxygen atoms in total. The number of fused-ring (bicyclic) bond motifs is 1. The van der Waals surface area contributed by atoms with E-state index in [4.69, 9.17) is 9.15 Å². The Labute approximate surface area is 199 Å². The van der Waals surface area contributed by atoms with E-state index >= 15 is 0 Å². The number of amides is 1. The lowest BCUT2D eigenvalue weighted by atomic mass is 10.0. The summed E-state index contributed by atoms with van der Waals surface area (Å²) in [6.07, 6.45) is 6.00. The Kier molecular flexibility index (Phi) is 7.46. The predicted molar refractivity (Wildman–Crippen MR) is 126 cm³/mol. The number of hydrogen-bond donors (Lipinski definition) is 1. The van der Waals surface area contributed by atoms with Gasteiger partial charge in [-0.25, -0.2) is 4.79 Å². The number of halogens is 1. The summed E-state index contributed by atoms with van der Waals surface area (Å²) in [5.41, 5.74) is 0.558. The first kappa shape index (κ1) is 23.7. The van der Waals surface area contributed by atoms with Crippen molar-refractivity contribution in [3.8, 4) is 0 Å². The van der Waals surface area contributed by atoms with Crippen LogP contribution in [0.15, 0.2) is 46.9 Å². The van der Waals surface area contributed by atoms with Crippen molar-refractivity contribution >= 4 is 46.0 Å². The van der Waals surface area contributed by atoms with Crippen LogP contribution in [0.3, 0.4) is 0 Å². The molecule has 1 fully saturated rings. The number of anilines is 1. The highest BCUT2D eigenvalue weighted by atomic mass is 32.2. The molecule has 0 bridgehead atoms. The third-order valence-electron chi connectivity index (χ3n) is 5.66. The van der Waals surface area contributed by atoms with Gasteiger partial charge in [0.05, 0.1) is 4.92 Å². The van der Waals surface area contributed by atoms with Gasteiger partial charge >= 0.3 is 11.7 Å². The van der Waals surface area contributed by atoms with Gasteiger partial charge in [-0.15, -0.1) is 0 Å². The molecule has 2 aromatic carbocycles. The summed E-state index contributed by atoms with van der Waals surface area (Å²) in [6.45, 7) is -0.629. The monoisotopic (exact) mass is 486 g/mol. The first-order valence-electron chi connectivity index (χ1n) is 11.0. The lowest BCUT2D eigenvalue weighted by Gasteiger charge is -2.20.